The third-order valence-corrected chi connectivity index (χ3v) is 4.41. The average molecular weight is 357 g/mol. The Labute approximate surface area is 149 Å². The fourth-order valence-corrected chi connectivity index (χ4v) is 2.93. The SMILES string of the molecule is CCCCCCCCCCN(CC)C(=O)c1ccccc1C(F)(F)F. The smallest absolute Gasteiger partial charge is 0.339 e. The number of carbonyl (C=O) groups excluding carboxylic acids is 1. The number of rotatable bonds is 11. The highest BCUT2D eigenvalue weighted by atomic mass is 19.4. The van der Waals surface area contributed by atoms with Gasteiger partial charge in [0.25, 0.3) is 5.91 Å². The van der Waals surface area contributed by atoms with Crippen molar-refractivity contribution in [3.63, 3.8) is 0 Å². The van der Waals surface area contributed by atoms with Crippen LogP contribution in [0.5, 0.6) is 0 Å². The van der Waals surface area contributed by atoms with Gasteiger partial charge < -0.3 is 4.90 Å². The molecule has 25 heavy (non-hydrogen) atoms. The van der Waals surface area contributed by atoms with Gasteiger partial charge in [-0.25, -0.2) is 0 Å². The molecule has 0 saturated heterocycles. The second-order valence-corrected chi connectivity index (χ2v) is 6.40. The molecule has 0 atom stereocenters. The number of hydrogen-bond donors (Lipinski definition) is 0. The first-order chi connectivity index (χ1) is 11.9. The Hall–Kier alpha value is -1.52. The van der Waals surface area contributed by atoms with Crippen molar-refractivity contribution in [2.45, 2.75) is 71.4 Å². The molecule has 1 aromatic carbocycles. The first kappa shape index (κ1) is 21.5. The van der Waals surface area contributed by atoms with Gasteiger partial charge in [0.15, 0.2) is 0 Å². The Morgan fingerprint density at radius 2 is 1.48 bits per heavy atom. The third-order valence-electron chi connectivity index (χ3n) is 4.41. The third kappa shape index (κ3) is 7.49. The molecule has 0 aliphatic heterocycles. The number of nitrogens with zero attached hydrogens (tertiary/aromatic N) is 1. The lowest BCUT2D eigenvalue weighted by Gasteiger charge is -2.23. The summed E-state index contributed by atoms with van der Waals surface area (Å²) in [6.07, 6.45) is 4.66. The lowest BCUT2D eigenvalue weighted by molar-refractivity contribution is -0.138. The lowest BCUT2D eigenvalue weighted by Crippen LogP contribution is -2.33. The van der Waals surface area contributed by atoms with Crippen LogP contribution in [0.2, 0.25) is 0 Å². The van der Waals surface area contributed by atoms with E-state index in [1.54, 1.807) is 6.92 Å². The van der Waals surface area contributed by atoms with Crippen LogP contribution in [0.15, 0.2) is 24.3 Å². The molecule has 0 spiro atoms. The molecule has 0 saturated carbocycles. The number of unbranched alkanes of at least 4 members (excludes halogenated alkanes) is 7. The normalized spacial score (nSPS) is 11.6. The van der Waals surface area contributed by atoms with Gasteiger partial charge in [0.05, 0.1) is 11.1 Å². The van der Waals surface area contributed by atoms with Crippen LogP contribution in [0.3, 0.4) is 0 Å². The molecule has 0 aromatic heterocycles. The van der Waals surface area contributed by atoms with Gasteiger partial charge >= 0.3 is 6.18 Å². The van der Waals surface area contributed by atoms with E-state index >= 15 is 0 Å². The van der Waals surface area contributed by atoms with Crippen LogP contribution >= 0.6 is 0 Å². The molecule has 142 valence electrons. The molecule has 2 nitrogen and oxygen atoms in total. The van der Waals surface area contributed by atoms with E-state index in [0.29, 0.717) is 13.1 Å². The first-order valence-corrected chi connectivity index (χ1v) is 9.37. The fraction of sp³-hybridized carbons (Fsp3) is 0.650. The fourth-order valence-electron chi connectivity index (χ4n) is 2.93. The molecule has 0 aliphatic rings. The van der Waals surface area contributed by atoms with Gasteiger partial charge in [-0.1, -0.05) is 64.0 Å². The Kier molecular flexibility index (Phi) is 9.61. The standard InChI is InChI=1S/C20H30F3NO/c1-3-5-6-7-8-9-10-13-16-24(4-2)19(25)17-14-11-12-15-18(17)20(21,22)23/h11-12,14-15H,3-10,13,16H2,1-2H3. The number of carbonyl (C=O) groups is 1. The highest BCUT2D eigenvalue weighted by molar-refractivity contribution is 5.95. The van der Waals surface area contributed by atoms with Gasteiger partial charge in [-0.05, 0) is 25.5 Å². The second kappa shape index (κ2) is 11.2. The van der Waals surface area contributed by atoms with Crippen LogP contribution in [0.4, 0.5) is 13.2 Å². The van der Waals surface area contributed by atoms with Crippen LogP contribution in [0.1, 0.15) is 81.1 Å². The topological polar surface area (TPSA) is 20.3 Å². The van der Waals surface area contributed by atoms with Gasteiger partial charge in [0.1, 0.15) is 0 Å². The van der Waals surface area contributed by atoms with Gasteiger partial charge in [0, 0.05) is 13.1 Å². The Morgan fingerprint density at radius 3 is 2.04 bits per heavy atom. The first-order valence-electron chi connectivity index (χ1n) is 9.37. The predicted octanol–water partition coefficient (Wildman–Crippen LogP) is 6.31. The summed E-state index contributed by atoms with van der Waals surface area (Å²) in [5.41, 5.74) is -1.11. The molecular formula is C20H30F3NO. The molecule has 0 unspecified atom stereocenters. The van der Waals surface area contributed by atoms with Gasteiger partial charge in [-0.15, -0.1) is 0 Å². The zero-order chi connectivity index (χ0) is 18.7. The van der Waals surface area contributed by atoms with E-state index in [1.165, 1.54) is 55.2 Å². The van der Waals surface area contributed by atoms with Crippen molar-refractivity contribution in [1.29, 1.82) is 0 Å². The summed E-state index contributed by atoms with van der Waals surface area (Å²) in [4.78, 5) is 14.0. The highest BCUT2D eigenvalue weighted by Gasteiger charge is 2.35. The Balaban J connectivity index is 2.51. The summed E-state index contributed by atoms with van der Waals surface area (Å²) < 4.78 is 39.3. The van der Waals surface area contributed by atoms with Gasteiger partial charge in [0.2, 0.25) is 0 Å². The maximum Gasteiger partial charge on any atom is 0.417 e. The minimum absolute atomic E-state index is 0.253. The number of benzene rings is 1. The predicted molar refractivity (Wildman–Crippen MR) is 95.6 cm³/mol. The number of halogens is 3. The Morgan fingerprint density at radius 1 is 0.920 bits per heavy atom. The number of alkyl halides is 3. The summed E-state index contributed by atoms with van der Waals surface area (Å²) in [6.45, 7) is 4.92. The quantitative estimate of drug-likeness (QED) is 0.425. The van der Waals surface area contributed by atoms with Crippen molar-refractivity contribution >= 4 is 5.91 Å². The van der Waals surface area contributed by atoms with Crippen molar-refractivity contribution in [1.82, 2.24) is 4.90 Å². The highest BCUT2D eigenvalue weighted by Crippen LogP contribution is 2.32. The monoisotopic (exact) mass is 357 g/mol. The van der Waals surface area contributed by atoms with Crippen LogP contribution in [-0.4, -0.2) is 23.9 Å². The molecule has 1 aromatic rings. The minimum atomic E-state index is -4.51. The number of amides is 1. The molecule has 1 rings (SSSR count). The van der Waals surface area contributed by atoms with Crippen LogP contribution < -0.4 is 0 Å². The van der Waals surface area contributed by atoms with E-state index in [1.807, 2.05) is 0 Å². The summed E-state index contributed by atoms with van der Waals surface area (Å²) >= 11 is 0. The second-order valence-electron chi connectivity index (χ2n) is 6.40. The average Bonchev–Trinajstić information content (AvgIpc) is 2.59. The van der Waals surface area contributed by atoms with E-state index in [9.17, 15) is 18.0 Å². The molecule has 5 heteroatoms. The molecule has 1 amide bonds. The van der Waals surface area contributed by atoms with Crippen molar-refractivity contribution in [3.05, 3.63) is 35.4 Å². The summed E-state index contributed by atoms with van der Waals surface area (Å²) in [6, 6.07) is 5.03. The van der Waals surface area contributed by atoms with E-state index in [2.05, 4.69) is 6.92 Å². The maximum atomic E-state index is 13.1. The van der Waals surface area contributed by atoms with Crippen LogP contribution in [0, 0.1) is 0 Å². The van der Waals surface area contributed by atoms with E-state index in [4.69, 9.17) is 0 Å². The van der Waals surface area contributed by atoms with Crippen LogP contribution in [0.25, 0.3) is 0 Å². The molecule has 0 N–H and O–H groups in total. The zero-order valence-corrected chi connectivity index (χ0v) is 15.4. The molecule has 0 bridgehead atoms. The lowest BCUT2D eigenvalue weighted by atomic mass is 10.1. The molecule has 0 aliphatic carbocycles. The molecule has 0 heterocycles. The minimum Gasteiger partial charge on any atom is -0.339 e. The van der Waals surface area contributed by atoms with Crippen molar-refractivity contribution < 1.29 is 18.0 Å². The van der Waals surface area contributed by atoms with E-state index in [-0.39, 0.29) is 5.56 Å². The molecule has 0 fully saturated rings. The summed E-state index contributed by atoms with van der Waals surface area (Å²) in [5, 5.41) is 0. The van der Waals surface area contributed by atoms with Gasteiger partial charge in [-0.3, -0.25) is 4.79 Å². The summed E-state index contributed by atoms with van der Waals surface area (Å²) in [5.74, 6) is -0.529. The zero-order valence-electron chi connectivity index (χ0n) is 15.4. The van der Waals surface area contributed by atoms with E-state index in [0.717, 1.165) is 25.3 Å². The summed E-state index contributed by atoms with van der Waals surface area (Å²) in [7, 11) is 0. The van der Waals surface area contributed by atoms with Gasteiger partial charge in [-0.2, -0.15) is 13.2 Å². The Bertz CT molecular complexity index is 514. The van der Waals surface area contributed by atoms with Crippen molar-refractivity contribution in [2.24, 2.45) is 0 Å². The maximum absolute atomic E-state index is 13.1. The van der Waals surface area contributed by atoms with Crippen molar-refractivity contribution in [3.8, 4) is 0 Å². The largest absolute Gasteiger partial charge is 0.417 e. The van der Waals surface area contributed by atoms with Crippen molar-refractivity contribution in [2.75, 3.05) is 13.1 Å². The number of hydrogen-bond acceptors (Lipinski definition) is 1. The van der Waals surface area contributed by atoms with Crippen LogP contribution in [-0.2, 0) is 6.18 Å². The molecule has 0 radical (unpaired) electrons. The van der Waals surface area contributed by atoms with E-state index < -0.39 is 17.6 Å². The molecular weight excluding hydrogens is 327 g/mol.